The fourth-order valence-electron chi connectivity index (χ4n) is 6.77. The monoisotopic (exact) mass is 680 g/mol. The minimum atomic E-state index is -1.17. The highest BCUT2D eigenvalue weighted by atomic mass is 16.3. The molecule has 8 N–H and O–H groups in total. The van der Waals surface area contributed by atoms with Gasteiger partial charge in [0.2, 0.25) is 0 Å². The number of carbonyl (C=O) groups is 2. The predicted molar refractivity (Wildman–Crippen MR) is 187 cm³/mol. The van der Waals surface area contributed by atoms with Gasteiger partial charge in [-0.05, 0) is 87.6 Å². The number of allylic oxidation sites excluding steroid dienone is 4. The first-order valence-electron chi connectivity index (χ1n) is 16.2. The summed E-state index contributed by atoms with van der Waals surface area (Å²) < 4.78 is 0. The topological polar surface area (TPSA) is 196 Å². The van der Waals surface area contributed by atoms with Gasteiger partial charge in [-0.1, -0.05) is 35.4 Å². The Morgan fingerprint density at radius 1 is 0.740 bits per heavy atom. The normalized spacial score (nSPS) is 17.2. The smallest absolute Gasteiger partial charge is 0.171 e. The van der Waals surface area contributed by atoms with Gasteiger partial charge in [-0.2, -0.15) is 0 Å². The zero-order chi connectivity index (χ0) is 36.4. The Morgan fingerprint density at radius 2 is 1.38 bits per heavy atom. The van der Waals surface area contributed by atoms with E-state index in [1.54, 1.807) is 19.1 Å². The number of phenolic OH excluding ortho intramolecular Hbond substituents is 8. The maximum absolute atomic E-state index is 14.7. The van der Waals surface area contributed by atoms with Gasteiger partial charge in [0.1, 0.15) is 46.0 Å². The average molecular weight is 681 g/mol. The number of hydrogen-bond acceptors (Lipinski definition) is 10. The Kier molecular flexibility index (Phi) is 10.1. The van der Waals surface area contributed by atoms with Crippen molar-refractivity contribution in [2.75, 3.05) is 0 Å². The summed E-state index contributed by atoms with van der Waals surface area (Å²) >= 11 is 0. The summed E-state index contributed by atoms with van der Waals surface area (Å²) in [5, 5.41) is 85.7. The van der Waals surface area contributed by atoms with E-state index in [1.807, 2.05) is 13.8 Å². The van der Waals surface area contributed by atoms with Gasteiger partial charge in [0, 0.05) is 47.4 Å². The van der Waals surface area contributed by atoms with E-state index in [2.05, 4.69) is 0 Å². The fraction of sp³-hybridized carbons (Fsp3) is 0.250. The first-order chi connectivity index (χ1) is 23.7. The lowest BCUT2D eigenvalue weighted by molar-refractivity contribution is 0.0876. The molecule has 10 heteroatoms. The molecule has 0 fully saturated rings. The number of phenols is 8. The molecule has 10 nitrogen and oxygen atoms in total. The molecule has 1 aliphatic rings. The number of aryl methyl sites for hydroxylation is 1. The summed E-state index contributed by atoms with van der Waals surface area (Å²) in [6.45, 7) is 5.50. The van der Waals surface area contributed by atoms with Gasteiger partial charge in [-0.15, -0.1) is 0 Å². The number of aromatic hydroxyl groups is 8. The Bertz CT molecular complexity index is 2040. The SMILES string of the molecule is CC(C)=CCc1c(O)ccc(C(=O)C2C(c3c(O)ccc(C(=O)CCc4ccc(O)cc4O)c3O)C=C(C)CC2c2ccc(O)cc2O)c1O. The van der Waals surface area contributed by atoms with Gasteiger partial charge < -0.3 is 40.9 Å². The van der Waals surface area contributed by atoms with Crippen LogP contribution in [0.3, 0.4) is 0 Å². The summed E-state index contributed by atoms with van der Waals surface area (Å²) in [6.07, 6.45) is 3.83. The van der Waals surface area contributed by atoms with E-state index in [1.165, 1.54) is 48.5 Å². The maximum atomic E-state index is 14.7. The van der Waals surface area contributed by atoms with Gasteiger partial charge in [0.05, 0.1) is 11.1 Å². The molecule has 3 unspecified atom stereocenters. The second kappa shape index (κ2) is 14.3. The third-order valence-corrected chi connectivity index (χ3v) is 9.30. The van der Waals surface area contributed by atoms with Gasteiger partial charge in [-0.3, -0.25) is 9.59 Å². The molecule has 0 amide bonds. The van der Waals surface area contributed by atoms with E-state index >= 15 is 0 Å². The lowest BCUT2D eigenvalue weighted by atomic mass is 9.65. The number of carbonyl (C=O) groups excluding carboxylic acids is 2. The Morgan fingerprint density at radius 3 is 2.04 bits per heavy atom. The third-order valence-electron chi connectivity index (χ3n) is 9.30. The molecule has 4 aromatic carbocycles. The minimum absolute atomic E-state index is 0.0849. The molecule has 5 rings (SSSR count). The van der Waals surface area contributed by atoms with Crippen LogP contribution in [-0.2, 0) is 12.8 Å². The molecule has 0 spiro atoms. The van der Waals surface area contributed by atoms with Crippen LogP contribution in [0.4, 0.5) is 0 Å². The molecular formula is C40H40O10. The highest BCUT2D eigenvalue weighted by Gasteiger charge is 2.43. The maximum Gasteiger partial charge on any atom is 0.171 e. The highest BCUT2D eigenvalue weighted by Crippen LogP contribution is 2.53. The lowest BCUT2D eigenvalue weighted by Crippen LogP contribution is -2.32. The summed E-state index contributed by atoms with van der Waals surface area (Å²) in [7, 11) is 0. The molecule has 0 saturated heterocycles. The molecular weight excluding hydrogens is 640 g/mol. The lowest BCUT2D eigenvalue weighted by Gasteiger charge is -2.37. The van der Waals surface area contributed by atoms with Crippen LogP contribution in [0.25, 0.3) is 0 Å². The number of ketones is 2. The van der Waals surface area contributed by atoms with Crippen molar-refractivity contribution in [3.8, 4) is 46.0 Å². The van der Waals surface area contributed by atoms with Crippen LogP contribution in [0.5, 0.6) is 46.0 Å². The van der Waals surface area contributed by atoms with E-state index in [9.17, 15) is 50.4 Å². The van der Waals surface area contributed by atoms with Crippen molar-refractivity contribution in [1.29, 1.82) is 0 Å². The predicted octanol–water partition coefficient (Wildman–Crippen LogP) is 7.37. The molecule has 0 saturated carbocycles. The molecule has 0 radical (unpaired) electrons. The van der Waals surface area contributed by atoms with Crippen LogP contribution in [0.2, 0.25) is 0 Å². The van der Waals surface area contributed by atoms with Crippen molar-refractivity contribution in [1.82, 2.24) is 0 Å². The van der Waals surface area contributed by atoms with E-state index in [0.717, 1.165) is 23.3 Å². The van der Waals surface area contributed by atoms with E-state index in [0.29, 0.717) is 11.1 Å². The van der Waals surface area contributed by atoms with Crippen molar-refractivity contribution in [3.05, 3.63) is 117 Å². The number of Topliss-reactive ketones (excluding diaryl/α,β-unsaturated/α-hetero) is 2. The molecule has 50 heavy (non-hydrogen) atoms. The minimum Gasteiger partial charge on any atom is -0.508 e. The van der Waals surface area contributed by atoms with Crippen molar-refractivity contribution < 1.29 is 50.4 Å². The summed E-state index contributed by atoms with van der Waals surface area (Å²) in [5.74, 6) is -6.53. The highest BCUT2D eigenvalue weighted by molar-refractivity contribution is 6.03. The molecule has 0 aliphatic heterocycles. The van der Waals surface area contributed by atoms with Crippen LogP contribution >= 0.6 is 0 Å². The third kappa shape index (κ3) is 7.10. The Hall–Kier alpha value is -5.90. The Balaban J connectivity index is 1.64. The average Bonchev–Trinajstić information content (AvgIpc) is 3.03. The fourth-order valence-corrected chi connectivity index (χ4v) is 6.77. The molecule has 0 aromatic heterocycles. The van der Waals surface area contributed by atoms with Crippen LogP contribution < -0.4 is 0 Å². The van der Waals surface area contributed by atoms with Gasteiger partial charge in [0.15, 0.2) is 11.6 Å². The van der Waals surface area contributed by atoms with Crippen molar-refractivity contribution >= 4 is 11.6 Å². The van der Waals surface area contributed by atoms with Crippen LogP contribution in [0, 0.1) is 5.92 Å². The van der Waals surface area contributed by atoms with Crippen molar-refractivity contribution in [2.45, 2.75) is 58.3 Å². The second-order valence-electron chi connectivity index (χ2n) is 13.1. The molecule has 260 valence electrons. The quantitative estimate of drug-likeness (QED) is 0.0618. The van der Waals surface area contributed by atoms with Crippen LogP contribution in [0.1, 0.15) is 88.4 Å². The molecule has 4 aromatic rings. The molecule has 0 heterocycles. The van der Waals surface area contributed by atoms with Gasteiger partial charge >= 0.3 is 0 Å². The summed E-state index contributed by atoms with van der Waals surface area (Å²) in [6, 6.07) is 13.2. The number of hydrogen-bond donors (Lipinski definition) is 8. The molecule has 3 atom stereocenters. The van der Waals surface area contributed by atoms with Crippen molar-refractivity contribution in [2.24, 2.45) is 5.92 Å². The first kappa shape index (κ1) is 35.4. The van der Waals surface area contributed by atoms with Crippen LogP contribution in [-0.4, -0.2) is 52.4 Å². The van der Waals surface area contributed by atoms with Gasteiger partial charge in [-0.25, -0.2) is 0 Å². The Labute approximate surface area is 289 Å². The van der Waals surface area contributed by atoms with Crippen LogP contribution in [0.15, 0.2) is 84.0 Å². The number of rotatable bonds is 10. The zero-order valence-electron chi connectivity index (χ0n) is 27.9. The second-order valence-corrected chi connectivity index (χ2v) is 13.1. The zero-order valence-corrected chi connectivity index (χ0v) is 27.9. The first-order valence-corrected chi connectivity index (χ1v) is 16.2. The standard InChI is InChI=1S/C40H40O10/c1-20(2)4-9-26-32(44)14-12-28(38(26)48)40(50)36-29(25-10-8-24(42)19-35(25)47)16-21(3)17-30(36)37-33(45)15-11-27(39(37)49)31(43)13-6-22-5-7-23(41)18-34(22)46/h4-5,7-8,10-12,14-15,17-19,29-30,36,41-42,44-49H,6,9,13,16H2,1-3H3. The number of benzene rings is 4. The van der Waals surface area contributed by atoms with Gasteiger partial charge in [0.25, 0.3) is 0 Å². The van der Waals surface area contributed by atoms with E-state index in [-0.39, 0.29) is 76.7 Å². The molecule has 0 bridgehead atoms. The summed E-state index contributed by atoms with van der Waals surface area (Å²) in [5.41, 5.74) is 2.17. The van der Waals surface area contributed by atoms with E-state index < -0.39 is 46.6 Å². The van der Waals surface area contributed by atoms with E-state index in [4.69, 9.17) is 0 Å². The van der Waals surface area contributed by atoms with Crippen molar-refractivity contribution in [3.63, 3.8) is 0 Å². The largest absolute Gasteiger partial charge is 0.508 e. The molecule has 1 aliphatic carbocycles. The summed E-state index contributed by atoms with van der Waals surface area (Å²) in [4.78, 5) is 28.2.